The molecule has 0 spiro atoms. The zero-order valence-corrected chi connectivity index (χ0v) is 10.8. The Bertz CT molecular complexity index is 419. The third-order valence-corrected chi connectivity index (χ3v) is 4.20. The Morgan fingerprint density at radius 3 is 2.56 bits per heavy atom. The van der Waals surface area contributed by atoms with E-state index >= 15 is 0 Å². The lowest BCUT2D eigenvalue weighted by Gasteiger charge is -2.03. The van der Waals surface area contributed by atoms with E-state index in [9.17, 15) is 4.79 Å². The number of nitrogen functional groups attached to an aromatic ring is 1. The summed E-state index contributed by atoms with van der Waals surface area (Å²) in [5, 5.41) is 4.23. The van der Waals surface area contributed by atoms with Gasteiger partial charge in [-0.2, -0.15) is 0 Å². The molecule has 0 bridgehead atoms. The highest BCUT2D eigenvalue weighted by Gasteiger charge is 2.32. The second-order valence-corrected chi connectivity index (χ2v) is 5.65. The van der Waals surface area contributed by atoms with Crippen LogP contribution < -0.4 is 11.1 Å². The van der Waals surface area contributed by atoms with Gasteiger partial charge in [-0.1, -0.05) is 13.8 Å². The number of carbonyl (C=O) groups is 1. The Labute approximate surface area is 100 Å². The maximum Gasteiger partial charge on any atom is 0.177 e. The number of thiophene rings is 1. The van der Waals surface area contributed by atoms with Gasteiger partial charge < -0.3 is 11.1 Å². The number of nitrogens with two attached hydrogens (primary N) is 1. The molecule has 0 radical (unpaired) electrons. The highest BCUT2D eigenvalue weighted by atomic mass is 32.1. The molecule has 1 aromatic heterocycles. The van der Waals surface area contributed by atoms with Crippen LogP contribution in [-0.2, 0) is 0 Å². The van der Waals surface area contributed by atoms with Gasteiger partial charge in [0.1, 0.15) is 0 Å². The fourth-order valence-electron chi connectivity index (χ4n) is 1.86. The molecule has 1 saturated carbocycles. The minimum atomic E-state index is 0.0118. The van der Waals surface area contributed by atoms with Crippen LogP contribution in [0.4, 0.5) is 10.7 Å². The summed E-state index contributed by atoms with van der Waals surface area (Å²) in [5.74, 6) is 0.746. The fraction of sp³-hybridized carbons (Fsp3) is 0.583. The van der Waals surface area contributed by atoms with Crippen molar-refractivity contribution in [3.05, 3.63) is 10.4 Å². The lowest BCUT2D eigenvalue weighted by molar-refractivity contribution is 0.0944. The SMILES string of the molecule is CNc1sc(C(=O)C(C)C)c(N)c1C1CC1. The van der Waals surface area contributed by atoms with Gasteiger partial charge >= 0.3 is 0 Å². The summed E-state index contributed by atoms with van der Waals surface area (Å²) in [6, 6.07) is 0. The Morgan fingerprint density at radius 2 is 2.12 bits per heavy atom. The van der Waals surface area contributed by atoms with Crippen LogP contribution in [0.3, 0.4) is 0 Å². The van der Waals surface area contributed by atoms with Gasteiger partial charge in [0.25, 0.3) is 0 Å². The predicted octanol–water partition coefficient (Wildman–Crippen LogP) is 3.09. The van der Waals surface area contributed by atoms with Gasteiger partial charge in [-0.05, 0) is 18.8 Å². The normalized spacial score (nSPS) is 15.5. The number of ketones is 1. The summed E-state index contributed by atoms with van der Waals surface area (Å²) < 4.78 is 0. The molecule has 2 rings (SSSR count). The van der Waals surface area contributed by atoms with E-state index in [0.29, 0.717) is 5.92 Å². The van der Waals surface area contributed by atoms with Crippen molar-refractivity contribution >= 4 is 27.8 Å². The lowest BCUT2D eigenvalue weighted by Crippen LogP contribution is -2.08. The summed E-state index contributed by atoms with van der Waals surface area (Å²) in [7, 11) is 1.89. The van der Waals surface area contributed by atoms with E-state index in [0.717, 1.165) is 15.6 Å². The maximum absolute atomic E-state index is 12.0. The van der Waals surface area contributed by atoms with Crippen LogP contribution in [0.15, 0.2) is 0 Å². The smallest absolute Gasteiger partial charge is 0.177 e. The van der Waals surface area contributed by atoms with Gasteiger partial charge in [-0.15, -0.1) is 11.3 Å². The molecular weight excluding hydrogens is 220 g/mol. The predicted molar refractivity (Wildman–Crippen MR) is 69.4 cm³/mol. The quantitative estimate of drug-likeness (QED) is 0.792. The van der Waals surface area contributed by atoms with E-state index in [-0.39, 0.29) is 11.7 Å². The molecule has 16 heavy (non-hydrogen) atoms. The Morgan fingerprint density at radius 1 is 1.50 bits per heavy atom. The molecule has 3 N–H and O–H groups in total. The number of rotatable bonds is 4. The first kappa shape index (κ1) is 11.5. The summed E-state index contributed by atoms with van der Waals surface area (Å²) >= 11 is 1.51. The summed E-state index contributed by atoms with van der Waals surface area (Å²) in [5.41, 5.74) is 8.00. The van der Waals surface area contributed by atoms with Crippen LogP contribution in [0.2, 0.25) is 0 Å². The minimum absolute atomic E-state index is 0.0118. The summed E-state index contributed by atoms with van der Waals surface area (Å²) in [4.78, 5) is 12.7. The second-order valence-electron chi connectivity index (χ2n) is 4.63. The fourth-order valence-corrected chi connectivity index (χ4v) is 3.11. The molecule has 1 aliphatic rings. The monoisotopic (exact) mass is 238 g/mol. The van der Waals surface area contributed by atoms with E-state index in [1.165, 1.54) is 29.7 Å². The number of hydrogen-bond acceptors (Lipinski definition) is 4. The lowest BCUT2D eigenvalue weighted by atomic mass is 10.0. The average molecular weight is 238 g/mol. The topological polar surface area (TPSA) is 55.1 Å². The maximum atomic E-state index is 12.0. The molecule has 1 aromatic rings. The molecule has 4 heteroatoms. The molecule has 88 valence electrons. The van der Waals surface area contributed by atoms with Crippen molar-refractivity contribution in [2.24, 2.45) is 5.92 Å². The van der Waals surface area contributed by atoms with Gasteiger partial charge in [-0.3, -0.25) is 4.79 Å². The van der Waals surface area contributed by atoms with E-state index < -0.39 is 0 Å². The van der Waals surface area contributed by atoms with Crippen molar-refractivity contribution in [2.75, 3.05) is 18.1 Å². The van der Waals surface area contributed by atoms with Crippen molar-refractivity contribution in [2.45, 2.75) is 32.6 Å². The van der Waals surface area contributed by atoms with Crippen molar-refractivity contribution in [3.8, 4) is 0 Å². The molecule has 0 aromatic carbocycles. The van der Waals surface area contributed by atoms with Crippen LogP contribution in [-0.4, -0.2) is 12.8 Å². The first-order valence-electron chi connectivity index (χ1n) is 5.70. The van der Waals surface area contributed by atoms with Crippen molar-refractivity contribution < 1.29 is 4.79 Å². The Balaban J connectivity index is 2.43. The van der Waals surface area contributed by atoms with Gasteiger partial charge in [0, 0.05) is 18.5 Å². The number of hydrogen-bond donors (Lipinski definition) is 2. The standard InChI is InChI=1S/C12H18N2OS/c1-6(2)10(15)11-9(13)8(7-4-5-7)12(14-3)16-11/h6-7,14H,4-5,13H2,1-3H3. The van der Waals surface area contributed by atoms with Crippen LogP contribution in [0.25, 0.3) is 0 Å². The molecule has 0 unspecified atom stereocenters. The van der Waals surface area contributed by atoms with E-state index in [2.05, 4.69) is 5.32 Å². The largest absolute Gasteiger partial charge is 0.397 e. The van der Waals surface area contributed by atoms with Crippen LogP contribution >= 0.6 is 11.3 Å². The molecule has 1 heterocycles. The zero-order chi connectivity index (χ0) is 11.9. The Hall–Kier alpha value is -1.03. The molecule has 0 saturated heterocycles. The number of nitrogens with one attached hydrogen (secondary N) is 1. The van der Waals surface area contributed by atoms with E-state index in [1.807, 2.05) is 20.9 Å². The van der Waals surface area contributed by atoms with E-state index in [4.69, 9.17) is 5.73 Å². The average Bonchev–Trinajstić information content (AvgIpc) is 3.02. The first-order chi connectivity index (χ1) is 7.56. The van der Waals surface area contributed by atoms with Crippen LogP contribution in [0.5, 0.6) is 0 Å². The molecular formula is C12H18N2OS. The van der Waals surface area contributed by atoms with Crippen LogP contribution in [0, 0.1) is 5.92 Å². The Kier molecular flexibility index (Phi) is 2.93. The van der Waals surface area contributed by atoms with Gasteiger partial charge in [0.15, 0.2) is 5.78 Å². The summed E-state index contributed by atoms with van der Waals surface area (Å²) in [6.45, 7) is 3.83. The number of anilines is 2. The highest BCUT2D eigenvalue weighted by Crippen LogP contribution is 2.50. The minimum Gasteiger partial charge on any atom is -0.397 e. The van der Waals surface area contributed by atoms with Crippen LogP contribution in [0.1, 0.15) is 47.8 Å². The number of carbonyl (C=O) groups excluding carboxylic acids is 1. The van der Waals surface area contributed by atoms with Gasteiger partial charge in [0.05, 0.1) is 15.6 Å². The molecule has 3 nitrogen and oxygen atoms in total. The molecule has 0 atom stereocenters. The molecule has 1 fully saturated rings. The molecule has 0 amide bonds. The third-order valence-electron chi connectivity index (χ3n) is 2.94. The third kappa shape index (κ3) is 1.82. The number of Topliss-reactive ketones (excluding diaryl/α,β-unsaturated/α-hetero) is 1. The highest BCUT2D eigenvalue weighted by molar-refractivity contribution is 7.18. The second kappa shape index (κ2) is 4.09. The van der Waals surface area contributed by atoms with Gasteiger partial charge in [-0.25, -0.2) is 0 Å². The van der Waals surface area contributed by atoms with Gasteiger partial charge in [0.2, 0.25) is 0 Å². The van der Waals surface area contributed by atoms with Crippen molar-refractivity contribution in [3.63, 3.8) is 0 Å². The molecule has 1 aliphatic carbocycles. The van der Waals surface area contributed by atoms with Crippen molar-refractivity contribution in [1.29, 1.82) is 0 Å². The molecule has 0 aliphatic heterocycles. The van der Waals surface area contributed by atoms with E-state index in [1.54, 1.807) is 0 Å². The van der Waals surface area contributed by atoms with Crippen molar-refractivity contribution in [1.82, 2.24) is 0 Å². The summed E-state index contributed by atoms with van der Waals surface area (Å²) in [6.07, 6.45) is 2.40. The zero-order valence-electron chi connectivity index (χ0n) is 9.96. The first-order valence-corrected chi connectivity index (χ1v) is 6.52.